The fourth-order valence-corrected chi connectivity index (χ4v) is 2.76. The fourth-order valence-electron chi connectivity index (χ4n) is 2.76. The summed E-state index contributed by atoms with van der Waals surface area (Å²) in [6.07, 6.45) is -1.09. The summed E-state index contributed by atoms with van der Waals surface area (Å²) >= 11 is 0. The number of benzene rings is 2. The summed E-state index contributed by atoms with van der Waals surface area (Å²) < 4.78 is 5.16. The van der Waals surface area contributed by atoms with Gasteiger partial charge in [-0.05, 0) is 38.1 Å². The molecule has 1 aliphatic heterocycles. The van der Waals surface area contributed by atoms with Crippen LogP contribution >= 0.6 is 0 Å². The van der Waals surface area contributed by atoms with E-state index in [2.05, 4.69) is 5.32 Å². The molecule has 0 unspecified atom stereocenters. The van der Waals surface area contributed by atoms with E-state index in [0.717, 1.165) is 4.90 Å². The van der Waals surface area contributed by atoms with Crippen molar-refractivity contribution in [3.8, 4) is 0 Å². The Labute approximate surface area is 155 Å². The lowest BCUT2D eigenvalue weighted by atomic mass is 10.1. The Morgan fingerprint density at radius 3 is 1.96 bits per heavy atom. The molecule has 2 aromatic rings. The predicted molar refractivity (Wildman–Crippen MR) is 97.0 cm³/mol. The van der Waals surface area contributed by atoms with E-state index in [1.165, 1.54) is 26.0 Å². The molecule has 1 N–H and O–H groups in total. The zero-order chi connectivity index (χ0) is 19.6. The van der Waals surface area contributed by atoms with Crippen LogP contribution in [0.15, 0.2) is 54.6 Å². The standard InChI is InChI=1S/C20H18N2O5/c1-12(22-18(24)15-10-6-7-11-16(15)19(22)25)20(26)27-13(2)17(23)21-14-8-4-3-5-9-14/h3-13H,1-2H3,(H,21,23)/t12-,13-/m0/s1. The molecule has 0 saturated heterocycles. The molecule has 7 nitrogen and oxygen atoms in total. The number of carbonyl (C=O) groups excluding carboxylic acids is 4. The first-order valence-electron chi connectivity index (χ1n) is 8.43. The molecule has 1 aliphatic rings. The van der Waals surface area contributed by atoms with E-state index in [4.69, 9.17) is 4.74 Å². The summed E-state index contributed by atoms with van der Waals surface area (Å²) in [4.78, 5) is 50.3. The van der Waals surface area contributed by atoms with E-state index in [1.807, 2.05) is 6.07 Å². The molecule has 0 spiro atoms. The SMILES string of the molecule is C[C@H](OC(=O)[C@H](C)N1C(=O)c2ccccc2C1=O)C(=O)Nc1ccccc1. The van der Waals surface area contributed by atoms with E-state index in [1.54, 1.807) is 36.4 Å². The molecule has 0 radical (unpaired) electrons. The van der Waals surface area contributed by atoms with E-state index >= 15 is 0 Å². The van der Waals surface area contributed by atoms with Crippen molar-refractivity contribution in [2.45, 2.75) is 26.0 Å². The van der Waals surface area contributed by atoms with Gasteiger partial charge in [0.05, 0.1) is 11.1 Å². The summed E-state index contributed by atoms with van der Waals surface area (Å²) in [5.74, 6) is -2.45. The van der Waals surface area contributed by atoms with Crippen molar-refractivity contribution in [2.75, 3.05) is 5.32 Å². The number of anilines is 1. The lowest BCUT2D eigenvalue weighted by Gasteiger charge is -2.22. The van der Waals surface area contributed by atoms with E-state index in [-0.39, 0.29) is 11.1 Å². The minimum Gasteiger partial charge on any atom is -0.451 e. The summed E-state index contributed by atoms with van der Waals surface area (Å²) in [6, 6.07) is 13.9. The third-order valence-corrected chi connectivity index (χ3v) is 4.26. The van der Waals surface area contributed by atoms with Gasteiger partial charge in [0.15, 0.2) is 6.10 Å². The number of hydrogen-bond acceptors (Lipinski definition) is 5. The van der Waals surface area contributed by atoms with E-state index in [9.17, 15) is 19.2 Å². The number of amides is 3. The number of fused-ring (bicyclic) bond motifs is 1. The Bertz CT molecular complexity index is 875. The lowest BCUT2D eigenvalue weighted by Crippen LogP contribution is -2.45. The summed E-state index contributed by atoms with van der Waals surface area (Å²) in [5, 5.41) is 2.62. The van der Waals surface area contributed by atoms with Crippen molar-refractivity contribution in [3.05, 3.63) is 65.7 Å². The number of esters is 1. The van der Waals surface area contributed by atoms with Gasteiger partial charge >= 0.3 is 5.97 Å². The van der Waals surface area contributed by atoms with Crippen molar-refractivity contribution in [3.63, 3.8) is 0 Å². The molecule has 7 heteroatoms. The molecule has 138 valence electrons. The second kappa shape index (κ2) is 7.41. The van der Waals surface area contributed by atoms with Crippen molar-refractivity contribution < 1.29 is 23.9 Å². The molecule has 2 atom stereocenters. The van der Waals surface area contributed by atoms with Crippen LogP contribution in [0.25, 0.3) is 0 Å². The van der Waals surface area contributed by atoms with Gasteiger partial charge in [0.25, 0.3) is 17.7 Å². The quantitative estimate of drug-likeness (QED) is 0.647. The normalized spacial score (nSPS) is 15.1. The van der Waals surface area contributed by atoms with Crippen LogP contribution in [-0.2, 0) is 14.3 Å². The first-order valence-corrected chi connectivity index (χ1v) is 8.43. The van der Waals surface area contributed by atoms with Crippen LogP contribution in [0.5, 0.6) is 0 Å². The summed E-state index contributed by atoms with van der Waals surface area (Å²) in [6.45, 7) is 2.82. The van der Waals surface area contributed by atoms with Gasteiger partial charge in [0.1, 0.15) is 6.04 Å². The molecule has 3 rings (SSSR count). The summed E-state index contributed by atoms with van der Waals surface area (Å²) in [5.41, 5.74) is 1.06. The second-order valence-corrected chi connectivity index (χ2v) is 6.14. The number of para-hydroxylation sites is 1. The zero-order valence-electron chi connectivity index (χ0n) is 14.8. The van der Waals surface area contributed by atoms with Gasteiger partial charge in [0.2, 0.25) is 0 Å². The van der Waals surface area contributed by atoms with Gasteiger partial charge < -0.3 is 10.1 Å². The average Bonchev–Trinajstić information content (AvgIpc) is 2.93. The molecular weight excluding hydrogens is 348 g/mol. The number of imide groups is 1. The van der Waals surface area contributed by atoms with Gasteiger partial charge in [-0.25, -0.2) is 4.79 Å². The van der Waals surface area contributed by atoms with Crippen LogP contribution in [0.1, 0.15) is 34.6 Å². The molecular formula is C20H18N2O5. The van der Waals surface area contributed by atoms with Crippen LogP contribution in [0.3, 0.4) is 0 Å². The average molecular weight is 366 g/mol. The molecule has 2 aromatic carbocycles. The Hall–Kier alpha value is -3.48. The first-order chi connectivity index (χ1) is 12.9. The minimum absolute atomic E-state index is 0.247. The Balaban J connectivity index is 1.65. The molecule has 3 amide bonds. The van der Waals surface area contributed by atoms with Crippen LogP contribution in [0, 0.1) is 0 Å². The highest BCUT2D eigenvalue weighted by molar-refractivity contribution is 6.22. The molecule has 0 aliphatic carbocycles. The first kappa shape index (κ1) is 18.3. The van der Waals surface area contributed by atoms with Gasteiger partial charge in [-0.15, -0.1) is 0 Å². The maximum atomic E-state index is 12.4. The number of nitrogens with one attached hydrogen (secondary N) is 1. The van der Waals surface area contributed by atoms with Crippen molar-refractivity contribution in [1.29, 1.82) is 0 Å². The smallest absolute Gasteiger partial charge is 0.329 e. The minimum atomic E-state index is -1.15. The highest BCUT2D eigenvalue weighted by Gasteiger charge is 2.41. The van der Waals surface area contributed by atoms with Gasteiger partial charge in [-0.2, -0.15) is 0 Å². The highest BCUT2D eigenvalue weighted by atomic mass is 16.5. The fraction of sp³-hybridized carbons (Fsp3) is 0.200. The third kappa shape index (κ3) is 3.57. The Morgan fingerprint density at radius 2 is 1.41 bits per heavy atom. The lowest BCUT2D eigenvalue weighted by molar-refractivity contribution is -0.156. The van der Waals surface area contributed by atoms with Gasteiger partial charge in [-0.1, -0.05) is 30.3 Å². The van der Waals surface area contributed by atoms with Crippen LogP contribution in [0.2, 0.25) is 0 Å². The molecule has 0 aromatic heterocycles. The van der Waals surface area contributed by atoms with Crippen LogP contribution in [-0.4, -0.2) is 40.7 Å². The molecule has 0 fully saturated rings. The second-order valence-electron chi connectivity index (χ2n) is 6.14. The van der Waals surface area contributed by atoms with Crippen LogP contribution < -0.4 is 5.32 Å². The van der Waals surface area contributed by atoms with Gasteiger partial charge in [0, 0.05) is 5.69 Å². The zero-order valence-corrected chi connectivity index (χ0v) is 14.8. The van der Waals surface area contributed by atoms with E-state index < -0.39 is 35.8 Å². The Morgan fingerprint density at radius 1 is 0.889 bits per heavy atom. The maximum absolute atomic E-state index is 12.4. The number of rotatable bonds is 5. The summed E-state index contributed by atoms with van der Waals surface area (Å²) in [7, 11) is 0. The highest BCUT2D eigenvalue weighted by Crippen LogP contribution is 2.25. The number of carbonyl (C=O) groups is 4. The number of ether oxygens (including phenoxy) is 1. The molecule has 27 heavy (non-hydrogen) atoms. The van der Waals surface area contributed by atoms with E-state index in [0.29, 0.717) is 5.69 Å². The van der Waals surface area contributed by atoms with Crippen molar-refractivity contribution in [1.82, 2.24) is 4.90 Å². The predicted octanol–water partition coefficient (Wildman–Crippen LogP) is 2.24. The molecule has 0 bridgehead atoms. The number of nitrogens with zero attached hydrogens (tertiary/aromatic N) is 1. The third-order valence-electron chi connectivity index (χ3n) is 4.26. The largest absolute Gasteiger partial charge is 0.451 e. The monoisotopic (exact) mass is 366 g/mol. The van der Waals surface area contributed by atoms with Crippen LogP contribution in [0.4, 0.5) is 5.69 Å². The van der Waals surface area contributed by atoms with Gasteiger partial charge in [-0.3, -0.25) is 19.3 Å². The Kier molecular flexibility index (Phi) is 5.03. The van der Waals surface area contributed by atoms with Crippen molar-refractivity contribution >= 4 is 29.4 Å². The topological polar surface area (TPSA) is 92.8 Å². The molecule has 0 saturated carbocycles. The van der Waals surface area contributed by atoms with Crippen molar-refractivity contribution in [2.24, 2.45) is 0 Å². The molecule has 1 heterocycles. The maximum Gasteiger partial charge on any atom is 0.329 e. The number of hydrogen-bond donors (Lipinski definition) is 1.